The average molecular weight is 1970 g/mol. The van der Waals surface area contributed by atoms with Crippen LogP contribution >= 0.6 is 82.3 Å². The van der Waals surface area contributed by atoms with E-state index in [-0.39, 0.29) is 0 Å². The van der Waals surface area contributed by atoms with E-state index in [4.69, 9.17) is 33.2 Å². The first-order valence-corrected chi connectivity index (χ1v) is 61.9. The monoisotopic (exact) mass is 1960 g/mol. The van der Waals surface area contributed by atoms with Crippen molar-refractivity contribution in [1.82, 2.24) is 14.7 Å². The number of thioether (sulfide) groups is 7. The minimum absolute atomic E-state index is 0.523. The first kappa shape index (κ1) is 142. The van der Waals surface area contributed by atoms with Crippen LogP contribution in [0.3, 0.4) is 0 Å². The van der Waals surface area contributed by atoms with Crippen LogP contribution in [0.5, 0.6) is 0 Å². The van der Waals surface area contributed by atoms with Crippen molar-refractivity contribution in [3.63, 3.8) is 0 Å². The SMILES string of the molecule is CC(C)CN(C)C.CC1CC(C)O1.CC1CC2C3CC(C)C(S3)C2C1.CC1CC2SC1CC2C.CC1CCC(C)COC1.CC1CCC(C)O1.CC1CCC2OC(C)CCC2C1.CC1CCN(C)CC1.CC1OC1C.CCC(C)COC.CCCCSCCC.CCCSCC.CCCSCCC.CCN(C)C.CCOC.CCSCC(C)CC.COCC(C)C.CSC. The van der Waals surface area contributed by atoms with Gasteiger partial charge in [-0.1, -0.05) is 185 Å². The van der Waals surface area contributed by atoms with Gasteiger partial charge in [0.25, 0.3) is 0 Å². The molecule has 0 aromatic carbocycles. The Morgan fingerprint density at radius 1 is 0.395 bits per heavy atom. The molecule has 12 rings (SSSR count). The van der Waals surface area contributed by atoms with Crippen molar-refractivity contribution in [3.05, 3.63) is 0 Å². The summed E-state index contributed by atoms with van der Waals surface area (Å²) in [7, 11) is 15.7. The summed E-state index contributed by atoms with van der Waals surface area (Å²) >= 11 is 14.5. The predicted molar refractivity (Wildman–Crippen MR) is 604 cm³/mol. The van der Waals surface area contributed by atoms with Crippen molar-refractivity contribution in [3.8, 4) is 0 Å². The molecule has 0 amide bonds. The van der Waals surface area contributed by atoms with E-state index in [9.17, 15) is 0 Å². The highest BCUT2D eigenvalue weighted by Crippen LogP contribution is 2.62. The van der Waals surface area contributed by atoms with Gasteiger partial charge in [0, 0.05) is 75.4 Å². The van der Waals surface area contributed by atoms with Gasteiger partial charge in [0.1, 0.15) is 0 Å². The zero-order chi connectivity index (χ0) is 99.6. The maximum absolute atomic E-state index is 5.94. The number of ether oxygens (including phenoxy) is 8. The van der Waals surface area contributed by atoms with Gasteiger partial charge < -0.3 is 52.6 Å². The second-order valence-corrected chi connectivity index (χ2v) is 50.5. The fraction of sp³-hybridized carbons (Fsp3) is 1.00. The smallest absolute Gasteiger partial charge is 0.0811 e. The zero-order valence-electron chi connectivity index (χ0n) is 94.8. The number of rotatable bonds is 25. The minimum Gasteiger partial charge on any atom is -0.385 e. The molecule has 10 saturated heterocycles. The number of unbranched alkanes of at least 4 members (excludes halogenated alkanes) is 1. The summed E-state index contributed by atoms with van der Waals surface area (Å²) in [6.07, 6.45) is 42.7. The van der Waals surface area contributed by atoms with Crippen molar-refractivity contribution in [1.29, 1.82) is 0 Å². The molecular weight excluding hydrogens is 1730 g/mol. The molecule has 4 bridgehead atoms. The average Bonchev–Trinajstić information content (AvgIpc) is 1.59. The number of epoxide rings is 1. The molecule has 10 heterocycles. The Morgan fingerprint density at radius 2 is 0.822 bits per heavy atom. The van der Waals surface area contributed by atoms with E-state index in [0.29, 0.717) is 54.7 Å². The lowest BCUT2D eigenvalue weighted by atomic mass is 9.76. The van der Waals surface area contributed by atoms with Gasteiger partial charge in [-0.2, -0.15) is 82.3 Å². The fourth-order valence-corrected chi connectivity index (χ4v) is 23.8. The lowest BCUT2D eigenvalue weighted by molar-refractivity contribution is -0.102. The Labute approximate surface area is 843 Å². The van der Waals surface area contributed by atoms with Crippen LogP contribution in [-0.4, -0.2) is 259 Å². The Balaban J connectivity index is -0.000000313. The molecule has 12 fully saturated rings. The normalized spacial score (nSPS) is 29.8. The van der Waals surface area contributed by atoms with Gasteiger partial charge in [0.05, 0.1) is 48.8 Å². The summed E-state index contributed by atoms with van der Waals surface area (Å²) in [5.41, 5.74) is 0. The lowest BCUT2D eigenvalue weighted by Gasteiger charge is -2.40. The molecule has 0 spiro atoms. The van der Waals surface area contributed by atoms with E-state index in [1.165, 1.54) is 213 Å². The molecule has 0 N–H and O–H groups in total. The number of hydrogen-bond acceptors (Lipinski definition) is 18. The number of piperidine rings is 1. The van der Waals surface area contributed by atoms with E-state index >= 15 is 0 Å². The summed E-state index contributed by atoms with van der Waals surface area (Å²) < 4.78 is 41.0. The molecule has 0 aromatic heterocycles. The predicted octanol–water partition coefficient (Wildman–Crippen LogP) is 32.4. The highest BCUT2D eigenvalue weighted by Gasteiger charge is 2.54. The lowest BCUT2D eigenvalue weighted by Crippen LogP contribution is -2.37. The molecular formula is C111H237N3O8S7. The molecule has 10 aliphatic heterocycles. The molecule has 0 radical (unpaired) electrons. The van der Waals surface area contributed by atoms with Crippen LogP contribution in [-0.2, 0) is 37.9 Å². The Kier molecular flexibility index (Phi) is 107. The quantitative estimate of drug-likeness (QED) is 0.0641. The van der Waals surface area contributed by atoms with Crippen molar-refractivity contribution in [2.45, 2.75) is 452 Å². The topological polar surface area (TPSA) is 86.9 Å². The highest BCUT2D eigenvalue weighted by molar-refractivity contribution is 8.01. The van der Waals surface area contributed by atoms with Crippen LogP contribution in [0, 0.1) is 88.8 Å². The minimum atomic E-state index is 0.523. The fourth-order valence-electron chi connectivity index (χ4n) is 16.3. The largest absolute Gasteiger partial charge is 0.385 e. The summed E-state index contributed by atoms with van der Waals surface area (Å²) in [5, 5.41) is 4.19. The molecule has 11 nitrogen and oxygen atoms in total. The maximum atomic E-state index is 5.94. The van der Waals surface area contributed by atoms with Crippen molar-refractivity contribution >= 4 is 82.3 Å². The Hall–Kier alpha value is 2.01. The van der Waals surface area contributed by atoms with Gasteiger partial charge in [-0.3, -0.25) is 0 Å². The first-order chi connectivity index (χ1) is 61.1. The number of fused-ring (bicyclic) bond motifs is 8. The molecule has 0 aromatic rings. The maximum Gasteiger partial charge on any atom is 0.0811 e. The van der Waals surface area contributed by atoms with Crippen LogP contribution < -0.4 is 0 Å². The van der Waals surface area contributed by atoms with Crippen LogP contribution in [0.15, 0.2) is 0 Å². The molecule has 12 aliphatic rings. The molecule has 18 heteroatoms. The molecule has 24 unspecified atom stereocenters. The Bertz CT molecular complexity index is 2080. The van der Waals surface area contributed by atoms with E-state index in [0.717, 1.165) is 143 Å². The van der Waals surface area contributed by atoms with Crippen molar-refractivity contribution in [2.24, 2.45) is 88.8 Å². The summed E-state index contributed by atoms with van der Waals surface area (Å²) in [5.74, 6) is 24.5. The van der Waals surface area contributed by atoms with E-state index in [1.807, 2.05) is 43.0 Å². The van der Waals surface area contributed by atoms with Crippen LogP contribution in [0.1, 0.15) is 382 Å². The van der Waals surface area contributed by atoms with Gasteiger partial charge in [0.15, 0.2) is 0 Å². The van der Waals surface area contributed by atoms with Gasteiger partial charge in [-0.05, 0) is 405 Å². The van der Waals surface area contributed by atoms with Crippen molar-refractivity contribution < 1.29 is 37.9 Å². The molecule has 2 aliphatic carbocycles. The third-order valence-electron chi connectivity index (χ3n) is 25.0. The second-order valence-electron chi connectivity index (χ2n) is 41.6. The van der Waals surface area contributed by atoms with Crippen LogP contribution in [0.25, 0.3) is 0 Å². The zero-order valence-corrected chi connectivity index (χ0v) is 100. The standard InChI is InChI=1S/C11H20O.C11H18S.C8H16O.C8H14S.C7H15N.2C7H16S.C6H15N.C6H12O.C6H14O.C6H14S.C5H10O.C5H12O.C5H12S.C4H11N.C4H8O.C3H8O.C2H6S/c1-8-3-6-11-10(7-8)5-4-9(2)12-11;1-6-3-8-9(4-6)11-7(2)5-10(8)12-11;1-7-3-4-8(2)6-9-5-7;1-5-3-8-6(2)4-7(5)9-8;1-7-3-5-8(2)6-4-7;1-4-7(3)6-8-5-2;1-3-5-7-8-6-4-2;1-6(2)5-7(3)4;1-5-3-4-6(2)7-5;1-4-6(2)5-7-3;1-3-5-7-6-4-2;1-4-3-5(2)6-4;1-5(2)4-6-3;1-3-5-6-4-2;1-4-5(2)3;1-3-4(2)5-3;1-3-4-2;1-3-2/h8-11H,3-7H2,1-2H3;6-11H,3-5H2,1-2H3;7-8H,3-6H2,1-2H3;5-8H,3-4H2,1-2H3;7H,3-6H2,1-2H3;7H,4-6H2,1-3H3;3-7H2,1-2H3;6H,5H2,1-4H3;5-6H,3-4H2,1-2H3;6H,4-5H2,1-3H3;3-6H2,1-2H3;4-5H,3H2,1-2H3;5H,4H2,1-3H3;3-5H2,1-2H3;4H2,1-3H3;3-4H,1-2H3;3H2,1-2H3;1-2H3. The Morgan fingerprint density at radius 3 is 1.13 bits per heavy atom. The van der Waals surface area contributed by atoms with E-state index < -0.39 is 0 Å². The van der Waals surface area contributed by atoms with E-state index in [1.54, 1.807) is 45.9 Å². The third-order valence-corrected chi connectivity index (χ3v) is 34.1. The van der Waals surface area contributed by atoms with Gasteiger partial charge in [0.2, 0.25) is 0 Å². The van der Waals surface area contributed by atoms with Gasteiger partial charge in [-0.15, -0.1) is 0 Å². The summed E-state index contributed by atoms with van der Waals surface area (Å²) in [6, 6.07) is 0. The van der Waals surface area contributed by atoms with Crippen LogP contribution in [0.2, 0.25) is 0 Å². The van der Waals surface area contributed by atoms with E-state index in [2.05, 4.69) is 316 Å². The highest BCUT2D eigenvalue weighted by atomic mass is 32.2. The molecule has 24 atom stereocenters. The number of methoxy groups -OCH3 is 3. The summed E-state index contributed by atoms with van der Waals surface area (Å²) in [4.78, 5) is 6.73. The van der Waals surface area contributed by atoms with Crippen molar-refractivity contribution in [2.75, 3.05) is 174 Å². The first-order valence-electron chi connectivity index (χ1n) is 53.8. The third kappa shape index (κ3) is 91.0. The summed E-state index contributed by atoms with van der Waals surface area (Å²) in [6.45, 7) is 80.5. The van der Waals surface area contributed by atoms with Gasteiger partial charge in [-0.25, -0.2) is 0 Å². The molecule has 2 saturated carbocycles. The molecule has 786 valence electrons. The second kappa shape index (κ2) is 97.5. The number of hydrogen-bond donors (Lipinski definition) is 0. The molecule has 129 heavy (non-hydrogen) atoms. The number of likely N-dealkylation sites (tertiary alicyclic amines) is 1. The van der Waals surface area contributed by atoms with Crippen LogP contribution in [0.4, 0.5) is 0 Å². The number of nitrogens with zero attached hydrogens (tertiary/aromatic N) is 3. The van der Waals surface area contributed by atoms with Gasteiger partial charge >= 0.3 is 0 Å².